The molecule has 0 aliphatic rings. The fourth-order valence-electron chi connectivity index (χ4n) is 1.45. The Kier molecular flexibility index (Phi) is 3.14. The number of hydrogen-bond acceptors (Lipinski definition) is 3. The summed E-state index contributed by atoms with van der Waals surface area (Å²) in [5, 5.41) is 2.94. The first kappa shape index (κ1) is 11.7. The van der Waals surface area contributed by atoms with E-state index in [-0.39, 0.29) is 5.91 Å². The Morgan fingerprint density at radius 3 is 2.60 bits per heavy atom. The molecule has 0 aliphatic carbocycles. The van der Waals surface area contributed by atoms with Gasteiger partial charge in [0.15, 0.2) is 0 Å². The molecule has 1 aromatic rings. The Balaban J connectivity index is 2.93. The smallest absolute Gasteiger partial charge is 0.239 e. The van der Waals surface area contributed by atoms with Gasteiger partial charge in [-0.15, -0.1) is 0 Å². The van der Waals surface area contributed by atoms with E-state index in [9.17, 15) is 4.79 Å². The van der Waals surface area contributed by atoms with Crippen LogP contribution in [0, 0.1) is 13.8 Å². The zero-order chi connectivity index (χ0) is 11.6. The minimum atomic E-state index is -0.738. The molecule has 0 aliphatic heterocycles. The van der Waals surface area contributed by atoms with Crippen molar-refractivity contribution in [1.29, 1.82) is 0 Å². The van der Waals surface area contributed by atoms with Crippen molar-refractivity contribution >= 4 is 5.91 Å². The summed E-state index contributed by atoms with van der Waals surface area (Å²) in [5.41, 5.74) is 5.55. The lowest BCUT2D eigenvalue weighted by Crippen LogP contribution is -2.54. The van der Waals surface area contributed by atoms with Crippen LogP contribution in [0.3, 0.4) is 0 Å². The van der Waals surface area contributed by atoms with Crippen molar-refractivity contribution in [3.8, 4) is 0 Å². The Labute approximate surface area is 89.7 Å². The first-order chi connectivity index (χ1) is 6.89. The summed E-state index contributed by atoms with van der Waals surface area (Å²) in [4.78, 5) is 15.6. The highest BCUT2D eigenvalue weighted by Gasteiger charge is 2.29. The van der Waals surface area contributed by atoms with E-state index in [1.54, 1.807) is 14.0 Å². The van der Waals surface area contributed by atoms with Gasteiger partial charge in [0.1, 0.15) is 11.4 Å². The monoisotopic (exact) mass is 210 g/mol. The molecule has 5 nitrogen and oxygen atoms in total. The Morgan fingerprint density at radius 2 is 2.27 bits per heavy atom. The summed E-state index contributed by atoms with van der Waals surface area (Å²) in [6.45, 7) is 6.10. The van der Waals surface area contributed by atoms with Crippen molar-refractivity contribution in [3.05, 3.63) is 17.7 Å². The highest BCUT2D eigenvalue weighted by atomic mass is 16.1. The lowest BCUT2D eigenvalue weighted by molar-refractivity contribution is -0.124. The van der Waals surface area contributed by atoms with Crippen molar-refractivity contribution in [3.63, 3.8) is 0 Å². The highest BCUT2D eigenvalue weighted by molar-refractivity contribution is 5.84. The number of nitrogens with two attached hydrogens (primary N) is 1. The van der Waals surface area contributed by atoms with Gasteiger partial charge in [-0.1, -0.05) is 0 Å². The Hall–Kier alpha value is -1.36. The number of rotatable bonds is 4. The molecule has 0 saturated carbocycles. The SMILES string of the molecule is CNC(C)(Cn1cc(C)nc1C)C(N)=O. The Bertz CT molecular complexity index is 371. The predicted octanol–water partition coefficient (Wildman–Crippen LogP) is -0.0367. The first-order valence-corrected chi connectivity index (χ1v) is 4.88. The largest absolute Gasteiger partial charge is 0.368 e. The van der Waals surface area contributed by atoms with Crippen LogP contribution >= 0.6 is 0 Å². The lowest BCUT2D eigenvalue weighted by atomic mass is 10.0. The minimum absolute atomic E-state index is 0.365. The van der Waals surface area contributed by atoms with Crippen LogP contribution in [0.2, 0.25) is 0 Å². The third kappa shape index (κ3) is 2.36. The van der Waals surface area contributed by atoms with Crippen LogP contribution in [0.4, 0.5) is 0 Å². The van der Waals surface area contributed by atoms with E-state index in [0.29, 0.717) is 6.54 Å². The summed E-state index contributed by atoms with van der Waals surface area (Å²) in [5.74, 6) is 0.519. The Morgan fingerprint density at radius 1 is 1.67 bits per heavy atom. The molecular weight excluding hydrogens is 192 g/mol. The normalized spacial score (nSPS) is 14.9. The van der Waals surface area contributed by atoms with Crippen molar-refractivity contribution in [1.82, 2.24) is 14.9 Å². The van der Waals surface area contributed by atoms with Gasteiger partial charge in [0.25, 0.3) is 0 Å². The van der Waals surface area contributed by atoms with E-state index in [0.717, 1.165) is 11.5 Å². The molecule has 15 heavy (non-hydrogen) atoms. The number of aromatic nitrogens is 2. The summed E-state index contributed by atoms with van der Waals surface area (Å²) < 4.78 is 1.93. The van der Waals surface area contributed by atoms with Crippen LogP contribution in [-0.2, 0) is 11.3 Å². The average Bonchev–Trinajstić information content (AvgIpc) is 2.44. The molecule has 1 atom stereocenters. The molecule has 1 unspecified atom stereocenters. The van der Waals surface area contributed by atoms with Gasteiger partial charge >= 0.3 is 0 Å². The second-order valence-corrected chi connectivity index (χ2v) is 4.00. The van der Waals surface area contributed by atoms with Gasteiger partial charge in [0, 0.05) is 6.20 Å². The number of carbonyl (C=O) groups is 1. The zero-order valence-corrected chi connectivity index (χ0v) is 9.66. The third-order valence-electron chi connectivity index (χ3n) is 2.68. The van der Waals surface area contributed by atoms with E-state index in [1.165, 1.54) is 0 Å². The van der Waals surface area contributed by atoms with E-state index < -0.39 is 5.54 Å². The van der Waals surface area contributed by atoms with Crippen LogP contribution in [0.1, 0.15) is 18.4 Å². The van der Waals surface area contributed by atoms with Gasteiger partial charge in [-0.25, -0.2) is 4.98 Å². The third-order valence-corrected chi connectivity index (χ3v) is 2.68. The number of nitrogens with zero attached hydrogens (tertiary/aromatic N) is 2. The first-order valence-electron chi connectivity index (χ1n) is 4.88. The molecule has 0 bridgehead atoms. The standard InChI is InChI=1S/C10H18N4O/c1-7-5-14(8(2)13-7)6-10(3,12-4)9(11)15/h5,12H,6H2,1-4H3,(H2,11,15). The summed E-state index contributed by atoms with van der Waals surface area (Å²) >= 11 is 0. The van der Waals surface area contributed by atoms with Crippen LogP contribution in [-0.4, -0.2) is 28.0 Å². The number of imidazole rings is 1. The minimum Gasteiger partial charge on any atom is -0.368 e. The maximum absolute atomic E-state index is 11.3. The van der Waals surface area contributed by atoms with Crippen LogP contribution in [0.15, 0.2) is 6.20 Å². The van der Waals surface area contributed by atoms with Crippen molar-refractivity contribution in [2.45, 2.75) is 32.9 Å². The average molecular weight is 210 g/mol. The van der Waals surface area contributed by atoms with Crippen molar-refractivity contribution in [2.24, 2.45) is 5.73 Å². The van der Waals surface area contributed by atoms with E-state index in [4.69, 9.17) is 5.73 Å². The molecule has 0 radical (unpaired) electrons. The summed E-state index contributed by atoms with van der Waals surface area (Å²) in [7, 11) is 1.73. The molecule has 3 N–H and O–H groups in total. The van der Waals surface area contributed by atoms with Gasteiger partial charge < -0.3 is 15.6 Å². The quantitative estimate of drug-likeness (QED) is 0.732. The molecule has 1 aromatic heterocycles. The van der Waals surface area contributed by atoms with E-state index >= 15 is 0 Å². The maximum Gasteiger partial charge on any atom is 0.239 e. The fraction of sp³-hybridized carbons (Fsp3) is 0.600. The van der Waals surface area contributed by atoms with Crippen molar-refractivity contribution in [2.75, 3.05) is 7.05 Å². The predicted molar refractivity (Wildman–Crippen MR) is 58.4 cm³/mol. The van der Waals surface area contributed by atoms with Crippen LogP contribution in [0.5, 0.6) is 0 Å². The van der Waals surface area contributed by atoms with Gasteiger partial charge in [-0.05, 0) is 27.8 Å². The van der Waals surface area contributed by atoms with Gasteiger partial charge in [0.2, 0.25) is 5.91 Å². The molecule has 0 saturated heterocycles. The van der Waals surface area contributed by atoms with Crippen molar-refractivity contribution < 1.29 is 4.79 Å². The molecule has 1 rings (SSSR count). The van der Waals surface area contributed by atoms with Crippen LogP contribution < -0.4 is 11.1 Å². The molecule has 0 spiro atoms. The van der Waals surface area contributed by atoms with Gasteiger partial charge in [-0.3, -0.25) is 4.79 Å². The second kappa shape index (κ2) is 4.02. The summed E-state index contributed by atoms with van der Waals surface area (Å²) in [6, 6.07) is 0. The maximum atomic E-state index is 11.3. The molecule has 0 aromatic carbocycles. The van der Waals surface area contributed by atoms with Crippen LogP contribution in [0.25, 0.3) is 0 Å². The number of primary amides is 1. The topological polar surface area (TPSA) is 72.9 Å². The zero-order valence-electron chi connectivity index (χ0n) is 9.66. The number of likely N-dealkylation sites (N-methyl/N-ethyl adjacent to an activating group) is 1. The molecular formula is C10H18N4O. The summed E-state index contributed by atoms with van der Waals surface area (Å²) in [6.07, 6.45) is 1.91. The van der Waals surface area contributed by atoms with E-state index in [2.05, 4.69) is 10.3 Å². The molecule has 84 valence electrons. The van der Waals surface area contributed by atoms with Gasteiger partial charge in [-0.2, -0.15) is 0 Å². The highest BCUT2D eigenvalue weighted by Crippen LogP contribution is 2.10. The molecule has 5 heteroatoms. The number of hydrogen-bond donors (Lipinski definition) is 2. The number of aryl methyl sites for hydroxylation is 2. The molecule has 0 fully saturated rings. The van der Waals surface area contributed by atoms with E-state index in [1.807, 2.05) is 24.6 Å². The molecule has 1 amide bonds. The molecule has 1 heterocycles. The fourth-order valence-corrected chi connectivity index (χ4v) is 1.45. The van der Waals surface area contributed by atoms with Gasteiger partial charge in [0.05, 0.1) is 12.2 Å². The number of amides is 1. The number of nitrogens with one attached hydrogen (secondary N) is 1. The lowest BCUT2D eigenvalue weighted by Gasteiger charge is -2.26. The second-order valence-electron chi connectivity index (χ2n) is 4.00. The number of carbonyl (C=O) groups excluding carboxylic acids is 1.